The average Bonchev–Trinajstić information content (AvgIpc) is 2.94. The molecule has 0 bridgehead atoms. The molecule has 6 atom stereocenters. The maximum Gasteiger partial charge on any atom is 0.165 e. The van der Waals surface area contributed by atoms with Crippen LogP contribution in [0.2, 0.25) is 0 Å². The van der Waals surface area contributed by atoms with Crippen molar-refractivity contribution in [3.8, 4) is 0 Å². The Morgan fingerprint density at radius 3 is 2.64 bits per heavy atom. The van der Waals surface area contributed by atoms with E-state index in [1.54, 1.807) is 12.1 Å². The summed E-state index contributed by atoms with van der Waals surface area (Å²) in [7, 11) is 0. The zero-order valence-electron chi connectivity index (χ0n) is 17.3. The maximum absolute atomic E-state index is 14.2. The summed E-state index contributed by atoms with van der Waals surface area (Å²) in [5.74, 6) is 2.89. The number of carbonyl (C=O) groups excluding carboxylic acids is 1. The van der Waals surface area contributed by atoms with Crippen molar-refractivity contribution in [2.75, 3.05) is 0 Å². The molecule has 0 saturated heterocycles. The predicted molar refractivity (Wildman–Crippen MR) is 111 cm³/mol. The number of fused-ring (bicyclic) bond motifs is 5. The minimum Gasteiger partial charge on any atom is -0.294 e. The van der Waals surface area contributed by atoms with Gasteiger partial charge in [0, 0.05) is 11.0 Å². The fourth-order valence-corrected chi connectivity index (χ4v) is 7.87. The minimum atomic E-state index is -0.226. The number of Topliss-reactive ketones (excluding diaryl/α,β-unsaturated/α-hetero) is 1. The third kappa shape index (κ3) is 2.59. The number of halogens is 1. The summed E-state index contributed by atoms with van der Waals surface area (Å²) in [6.07, 6.45) is 13.2. The third-order valence-electron chi connectivity index (χ3n) is 9.46. The van der Waals surface area contributed by atoms with E-state index in [1.165, 1.54) is 51.0 Å². The van der Waals surface area contributed by atoms with Crippen molar-refractivity contribution < 1.29 is 9.18 Å². The quantitative estimate of drug-likeness (QED) is 0.488. The molecule has 0 radical (unpaired) electrons. The van der Waals surface area contributed by atoms with Gasteiger partial charge in [-0.2, -0.15) is 0 Å². The highest BCUT2D eigenvalue weighted by atomic mass is 19.1. The molecule has 1 nitrogen and oxygen atoms in total. The molecule has 0 aromatic heterocycles. The van der Waals surface area contributed by atoms with E-state index in [0.29, 0.717) is 28.6 Å². The van der Waals surface area contributed by atoms with Crippen LogP contribution in [0.1, 0.15) is 77.2 Å². The number of allylic oxidation sites excluding steroid dienone is 1. The largest absolute Gasteiger partial charge is 0.294 e. The van der Waals surface area contributed by atoms with Gasteiger partial charge in [-0.15, -0.1) is 0 Å². The van der Waals surface area contributed by atoms with Crippen LogP contribution in [0, 0.1) is 40.3 Å². The lowest BCUT2D eigenvalue weighted by Crippen LogP contribution is -2.52. The highest BCUT2D eigenvalue weighted by Crippen LogP contribution is 2.66. The normalized spacial score (nSPS) is 44.1. The number of rotatable bonds is 1. The standard InChI is InChI=1S/C26H33FO/c1-25-13-6-5-8-19(25)10-11-20-21(25)12-14-26(2)22(20)16-18(24(26)28)15-17-7-3-4-9-23(17)27/h3-4,7,9,15,19-22H,5-6,8,10-14,16H2,1-2H3/b18-15+/t19-,20-,21+,22+,25+,26+/m1/s1. The number of ketones is 1. The lowest BCUT2D eigenvalue weighted by atomic mass is 9.45. The Balaban J connectivity index is 1.48. The molecular formula is C26H33FO. The first kappa shape index (κ1) is 18.6. The number of hydrogen-bond donors (Lipinski definition) is 0. The summed E-state index contributed by atoms with van der Waals surface area (Å²) >= 11 is 0. The van der Waals surface area contributed by atoms with E-state index in [4.69, 9.17) is 0 Å². The molecule has 0 spiro atoms. The van der Waals surface area contributed by atoms with E-state index in [9.17, 15) is 9.18 Å². The van der Waals surface area contributed by atoms with Crippen LogP contribution in [0.5, 0.6) is 0 Å². The van der Waals surface area contributed by atoms with Crippen molar-refractivity contribution in [3.63, 3.8) is 0 Å². The maximum atomic E-state index is 14.2. The van der Waals surface area contributed by atoms with Gasteiger partial charge >= 0.3 is 0 Å². The molecule has 28 heavy (non-hydrogen) atoms. The van der Waals surface area contributed by atoms with Gasteiger partial charge in [0.05, 0.1) is 0 Å². The Labute approximate surface area is 168 Å². The average molecular weight is 381 g/mol. The third-order valence-corrected chi connectivity index (χ3v) is 9.46. The number of hydrogen-bond acceptors (Lipinski definition) is 1. The van der Waals surface area contributed by atoms with Crippen LogP contribution in [0.25, 0.3) is 6.08 Å². The van der Waals surface area contributed by atoms with Crippen molar-refractivity contribution in [1.29, 1.82) is 0 Å². The molecule has 2 heteroatoms. The lowest BCUT2D eigenvalue weighted by Gasteiger charge is -2.59. The molecule has 0 amide bonds. The summed E-state index contributed by atoms with van der Waals surface area (Å²) in [4.78, 5) is 13.4. The molecule has 1 aromatic rings. The molecule has 0 heterocycles. The lowest BCUT2D eigenvalue weighted by molar-refractivity contribution is -0.137. The van der Waals surface area contributed by atoms with Crippen molar-refractivity contribution in [1.82, 2.24) is 0 Å². The van der Waals surface area contributed by atoms with Crippen LogP contribution in [0.3, 0.4) is 0 Å². The van der Waals surface area contributed by atoms with Gasteiger partial charge in [-0.25, -0.2) is 4.39 Å². The molecule has 4 saturated carbocycles. The van der Waals surface area contributed by atoms with Crippen LogP contribution in [0.4, 0.5) is 4.39 Å². The summed E-state index contributed by atoms with van der Waals surface area (Å²) < 4.78 is 14.2. The molecule has 0 aliphatic heterocycles. The molecule has 0 unspecified atom stereocenters. The minimum absolute atomic E-state index is 0.226. The second kappa shape index (κ2) is 6.54. The fraction of sp³-hybridized carbons (Fsp3) is 0.654. The zero-order valence-corrected chi connectivity index (χ0v) is 17.3. The van der Waals surface area contributed by atoms with Gasteiger partial charge in [0.2, 0.25) is 0 Å². The van der Waals surface area contributed by atoms with E-state index in [-0.39, 0.29) is 11.2 Å². The van der Waals surface area contributed by atoms with Gasteiger partial charge in [0.25, 0.3) is 0 Å². The summed E-state index contributed by atoms with van der Waals surface area (Å²) in [5.41, 5.74) is 1.70. The second-order valence-corrected chi connectivity index (χ2v) is 10.6. The first-order chi connectivity index (χ1) is 13.4. The first-order valence-electron chi connectivity index (χ1n) is 11.4. The first-order valence-corrected chi connectivity index (χ1v) is 11.4. The van der Waals surface area contributed by atoms with Crippen LogP contribution in [-0.4, -0.2) is 5.78 Å². The highest BCUT2D eigenvalue weighted by molar-refractivity contribution is 6.05. The molecule has 4 aliphatic rings. The number of benzene rings is 1. The molecule has 150 valence electrons. The van der Waals surface area contributed by atoms with Crippen molar-refractivity contribution in [2.45, 2.75) is 71.6 Å². The van der Waals surface area contributed by atoms with E-state index in [2.05, 4.69) is 13.8 Å². The Kier molecular flexibility index (Phi) is 4.34. The van der Waals surface area contributed by atoms with Crippen molar-refractivity contribution >= 4 is 11.9 Å². The topological polar surface area (TPSA) is 17.1 Å². The molecule has 1 aromatic carbocycles. The molecular weight excluding hydrogens is 347 g/mol. The van der Waals surface area contributed by atoms with Gasteiger partial charge < -0.3 is 0 Å². The van der Waals surface area contributed by atoms with Gasteiger partial charge in [0.15, 0.2) is 5.78 Å². The van der Waals surface area contributed by atoms with Gasteiger partial charge in [-0.3, -0.25) is 4.79 Å². The Morgan fingerprint density at radius 2 is 1.82 bits per heavy atom. The highest BCUT2D eigenvalue weighted by Gasteiger charge is 2.60. The van der Waals surface area contributed by atoms with Crippen molar-refractivity contribution in [3.05, 3.63) is 41.2 Å². The Hall–Kier alpha value is -1.44. The second-order valence-electron chi connectivity index (χ2n) is 10.6. The monoisotopic (exact) mass is 380 g/mol. The van der Waals surface area contributed by atoms with Crippen LogP contribution >= 0.6 is 0 Å². The molecule has 0 N–H and O–H groups in total. The predicted octanol–water partition coefficient (Wildman–Crippen LogP) is 6.82. The fourth-order valence-electron chi connectivity index (χ4n) is 7.87. The van der Waals surface area contributed by atoms with E-state index in [1.807, 2.05) is 12.1 Å². The summed E-state index contributed by atoms with van der Waals surface area (Å²) in [6, 6.07) is 6.84. The zero-order chi connectivity index (χ0) is 19.5. The summed E-state index contributed by atoms with van der Waals surface area (Å²) in [5, 5.41) is 0. The SMILES string of the molecule is C[C@]12CCCC[C@@H]1CC[C@@H]1[C@@H]2CC[C@]2(C)C(=O)/C(=C/c3ccccc3F)C[C@@H]12. The van der Waals surface area contributed by atoms with Gasteiger partial charge in [-0.05, 0) is 91.7 Å². The molecule has 4 aliphatic carbocycles. The molecule has 5 rings (SSSR count). The number of carbonyl (C=O) groups is 1. The van der Waals surface area contributed by atoms with Crippen LogP contribution in [0.15, 0.2) is 29.8 Å². The van der Waals surface area contributed by atoms with E-state index in [0.717, 1.165) is 30.3 Å². The van der Waals surface area contributed by atoms with Crippen LogP contribution < -0.4 is 0 Å². The van der Waals surface area contributed by atoms with Gasteiger partial charge in [0.1, 0.15) is 5.82 Å². The van der Waals surface area contributed by atoms with Crippen LogP contribution in [-0.2, 0) is 4.79 Å². The van der Waals surface area contributed by atoms with Crippen molar-refractivity contribution in [2.24, 2.45) is 34.5 Å². The Morgan fingerprint density at radius 1 is 1.00 bits per heavy atom. The van der Waals surface area contributed by atoms with Gasteiger partial charge in [-0.1, -0.05) is 44.9 Å². The Bertz CT molecular complexity index is 825. The smallest absolute Gasteiger partial charge is 0.165 e. The molecule has 4 fully saturated rings. The van der Waals surface area contributed by atoms with E-state index >= 15 is 0 Å². The van der Waals surface area contributed by atoms with E-state index < -0.39 is 0 Å². The summed E-state index contributed by atoms with van der Waals surface area (Å²) in [6.45, 7) is 4.79.